The van der Waals surface area contributed by atoms with Crippen LogP contribution in [0.1, 0.15) is 19.3 Å². The van der Waals surface area contributed by atoms with Crippen LogP contribution >= 0.6 is 11.6 Å². The van der Waals surface area contributed by atoms with Crippen LogP contribution in [0.25, 0.3) is 0 Å². The molecular formula is C10H20ClNO5S2. The number of hydrogen-bond donors (Lipinski definition) is 1. The first-order chi connectivity index (χ1) is 8.87. The molecule has 9 heteroatoms. The van der Waals surface area contributed by atoms with E-state index in [1.54, 1.807) is 0 Å². The Morgan fingerprint density at radius 3 is 2.42 bits per heavy atom. The van der Waals surface area contributed by atoms with Crippen LogP contribution in [0.2, 0.25) is 0 Å². The molecule has 0 radical (unpaired) electrons. The number of hydrogen-bond acceptors (Lipinski definition) is 5. The summed E-state index contributed by atoms with van der Waals surface area (Å²) in [6.07, 6.45) is 0.933. The van der Waals surface area contributed by atoms with Crippen molar-refractivity contribution in [2.24, 2.45) is 0 Å². The highest BCUT2D eigenvalue weighted by molar-refractivity contribution is 7.92. The van der Waals surface area contributed by atoms with Crippen molar-refractivity contribution < 1.29 is 21.6 Å². The molecule has 19 heavy (non-hydrogen) atoms. The summed E-state index contributed by atoms with van der Waals surface area (Å²) < 4.78 is 53.9. The molecule has 1 N–H and O–H groups in total. The number of sulfonamides is 1. The van der Waals surface area contributed by atoms with Gasteiger partial charge in [0.05, 0.1) is 23.4 Å². The van der Waals surface area contributed by atoms with Gasteiger partial charge >= 0.3 is 0 Å². The lowest BCUT2D eigenvalue weighted by molar-refractivity contribution is 0.147. The number of rotatable bonds is 8. The summed E-state index contributed by atoms with van der Waals surface area (Å²) in [6.45, 7) is 1.21. The van der Waals surface area contributed by atoms with Gasteiger partial charge in [0.25, 0.3) is 0 Å². The Labute approximate surface area is 119 Å². The molecule has 0 aromatic heterocycles. The maximum Gasteiger partial charge on any atom is 0.214 e. The fourth-order valence-electron chi connectivity index (χ4n) is 1.84. The van der Waals surface area contributed by atoms with Gasteiger partial charge in [0, 0.05) is 19.0 Å². The Morgan fingerprint density at radius 2 is 1.84 bits per heavy atom. The van der Waals surface area contributed by atoms with Crippen molar-refractivity contribution in [3.63, 3.8) is 0 Å². The molecule has 6 nitrogen and oxygen atoms in total. The number of ether oxygens (including phenoxy) is 1. The normalized spacial score (nSPS) is 20.5. The first-order valence-electron chi connectivity index (χ1n) is 6.20. The van der Waals surface area contributed by atoms with Gasteiger partial charge in [-0.1, -0.05) is 0 Å². The fraction of sp³-hybridized carbons (Fsp3) is 1.00. The van der Waals surface area contributed by atoms with E-state index in [0.29, 0.717) is 32.1 Å². The van der Waals surface area contributed by atoms with E-state index in [9.17, 15) is 16.8 Å². The van der Waals surface area contributed by atoms with Crippen LogP contribution in [-0.4, -0.2) is 59.2 Å². The largest absolute Gasteiger partial charge is 0.380 e. The van der Waals surface area contributed by atoms with Gasteiger partial charge in [-0.05, 0) is 19.3 Å². The highest BCUT2D eigenvalue weighted by Gasteiger charge is 2.32. The molecule has 1 saturated heterocycles. The highest BCUT2D eigenvalue weighted by atomic mass is 35.5. The maximum absolute atomic E-state index is 11.9. The molecule has 1 heterocycles. The predicted molar refractivity (Wildman–Crippen MR) is 74.8 cm³/mol. The van der Waals surface area contributed by atoms with Gasteiger partial charge in [0.1, 0.15) is 9.84 Å². The summed E-state index contributed by atoms with van der Waals surface area (Å²) in [4.78, 5) is 0. The minimum absolute atomic E-state index is 0.0442. The predicted octanol–water partition coefficient (Wildman–Crippen LogP) is 0.129. The van der Waals surface area contributed by atoms with E-state index in [4.69, 9.17) is 16.3 Å². The van der Waals surface area contributed by atoms with E-state index in [2.05, 4.69) is 4.72 Å². The third-order valence-corrected chi connectivity index (χ3v) is 6.76. The Bertz CT molecular complexity index is 448. The number of sulfone groups is 1. The van der Waals surface area contributed by atoms with Gasteiger partial charge in [-0.2, -0.15) is 0 Å². The van der Waals surface area contributed by atoms with Gasteiger partial charge in [-0.25, -0.2) is 21.6 Å². The molecule has 0 aromatic rings. The first-order valence-corrected chi connectivity index (χ1v) is 10.1. The number of halogens is 1. The van der Waals surface area contributed by atoms with E-state index < -0.39 is 25.1 Å². The Balaban J connectivity index is 2.28. The molecule has 0 saturated carbocycles. The Hall–Kier alpha value is 0.110. The summed E-state index contributed by atoms with van der Waals surface area (Å²) in [5.41, 5.74) is 0. The monoisotopic (exact) mass is 333 g/mol. The van der Waals surface area contributed by atoms with Crippen LogP contribution < -0.4 is 4.72 Å². The molecule has 1 rings (SSSR count). The van der Waals surface area contributed by atoms with E-state index in [1.165, 1.54) is 0 Å². The summed E-state index contributed by atoms with van der Waals surface area (Å²) >= 11 is 5.43. The van der Waals surface area contributed by atoms with Crippen LogP contribution in [0.3, 0.4) is 0 Å². The molecule has 0 atom stereocenters. The molecule has 1 aliphatic rings. The molecule has 0 unspecified atom stereocenters. The van der Waals surface area contributed by atoms with Crippen LogP contribution in [0.5, 0.6) is 0 Å². The van der Waals surface area contributed by atoms with Crippen molar-refractivity contribution >= 4 is 31.5 Å². The van der Waals surface area contributed by atoms with Crippen LogP contribution in [0.4, 0.5) is 0 Å². The molecule has 0 aromatic carbocycles. The molecule has 0 aliphatic carbocycles. The molecule has 1 fully saturated rings. The van der Waals surface area contributed by atoms with Crippen LogP contribution in [0, 0.1) is 0 Å². The Morgan fingerprint density at radius 1 is 1.21 bits per heavy atom. The second-order valence-corrected chi connectivity index (χ2v) is 9.17. The molecule has 1 aliphatic heterocycles. The number of nitrogens with one attached hydrogen (secondary N) is 1. The lowest BCUT2D eigenvalue weighted by atomic mass is 10.2. The van der Waals surface area contributed by atoms with Gasteiger partial charge in [-0.3, -0.25) is 0 Å². The maximum atomic E-state index is 11.9. The minimum atomic E-state index is -3.42. The summed E-state index contributed by atoms with van der Waals surface area (Å²) in [6, 6.07) is 0. The SMILES string of the molecule is O=S1(=O)CCC(S(=O)(=O)NCCCOCCCl)CC1. The Kier molecular flexibility index (Phi) is 7.02. The first kappa shape index (κ1) is 17.2. The zero-order valence-corrected chi connectivity index (χ0v) is 13.1. The topological polar surface area (TPSA) is 89.5 Å². The second kappa shape index (κ2) is 7.78. The van der Waals surface area contributed by atoms with E-state index in [-0.39, 0.29) is 24.3 Å². The molecule has 0 bridgehead atoms. The molecule has 0 amide bonds. The van der Waals surface area contributed by atoms with Crippen molar-refractivity contribution in [1.29, 1.82) is 0 Å². The van der Waals surface area contributed by atoms with E-state index in [1.807, 2.05) is 0 Å². The molecular weight excluding hydrogens is 314 g/mol. The second-order valence-electron chi connectivity index (χ2n) is 4.45. The van der Waals surface area contributed by atoms with Crippen LogP contribution in [-0.2, 0) is 24.6 Å². The fourth-order valence-corrected chi connectivity index (χ4v) is 5.26. The van der Waals surface area contributed by atoms with Gasteiger partial charge in [0.15, 0.2) is 0 Å². The van der Waals surface area contributed by atoms with E-state index in [0.717, 1.165) is 0 Å². The highest BCUT2D eigenvalue weighted by Crippen LogP contribution is 2.18. The van der Waals surface area contributed by atoms with Gasteiger partial charge in [0.2, 0.25) is 10.0 Å². The third kappa shape index (κ3) is 6.40. The van der Waals surface area contributed by atoms with Crippen LogP contribution in [0.15, 0.2) is 0 Å². The summed E-state index contributed by atoms with van der Waals surface area (Å²) in [5, 5.41) is -0.597. The van der Waals surface area contributed by atoms with Crippen molar-refractivity contribution in [3.05, 3.63) is 0 Å². The van der Waals surface area contributed by atoms with Crippen molar-refractivity contribution in [2.75, 3.05) is 37.1 Å². The van der Waals surface area contributed by atoms with E-state index >= 15 is 0 Å². The van der Waals surface area contributed by atoms with Crippen molar-refractivity contribution in [3.8, 4) is 0 Å². The molecule has 114 valence electrons. The lowest BCUT2D eigenvalue weighted by Crippen LogP contribution is -2.40. The third-order valence-electron chi connectivity index (χ3n) is 2.93. The smallest absolute Gasteiger partial charge is 0.214 e. The van der Waals surface area contributed by atoms with Crippen molar-refractivity contribution in [2.45, 2.75) is 24.5 Å². The minimum Gasteiger partial charge on any atom is -0.380 e. The molecule has 0 spiro atoms. The quantitative estimate of drug-likeness (QED) is 0.503. The lowest BCUT2D eigenvalue weighted by Gasteiger charge is -2.22. The van der Waals surface area contributed by atoms with Gasteiger partial charge < -0.3 is 4.74 Å². The average molecular weight is 334 g/mol. The average Bonchev–Trinajstić information content (AvgIpc) is 2.33. The zero-order chi connectivity index (χ0) is 14.4. The van der Waals surface area contributed by atoms with Gasteiger partial charge in [-0.15, -0.1) is 11.6 Å². The summed E-state index contributed by atoms with van der Waals surface area (Å²) in [5.74, 6) is 0.330. The standard InChI is InChI=1S/C10H20ClNO5S2/c11-4-7-17-6-1-5-12-19(15,16)10-2-8-18(13,14)9-3-10/h10,12H,1-9H2. The van der Waals surface area contributed by atoms with Crippen molar-refractivity contribution in [1.82, 2.24) is 4.72 Å². The summed E-state index contributed by atoms with van der Waals surface area (Å²) in [7, 11) is -6.46. The zero-order valence-electron chi connectivity index (χ0n) is 10.7. The number of alkyl halides is 1.